The van der Waals surface area contributed by atoms with Gasteiger partial charge in [-0.3, -0.25) is 0 Å². The van der Waals surface area contributed by atoms with E-state index in [1.54, 1.807) is 0 Å². The van der Waals surface area contributed by atoms with Crippen molar-refractivity contribution in [2.45, 2.75) is 25.9 Å². The lowest BCUT2D eigenvalue weighted by Crippen LogP contribution is -2.18. The lowest BCUT2D eigenvalue weighted by Gasteiger charge is -1.99. The summed E-state index contributed by atoms with van der Waals surface area (Å²) >= 11 is 0. The first-order valence-corrected chi connectivity index (χ1v) is 2.59. The number of rotatable bonds is 3. The highest BCUT2D eigenvalue weighted by molar-refractivity contribution is 5.71. The molecule has 1 atom stereocenters. The summed E-state index contributed by atoms with van der Waals surface area (Å²) < 4.78 is 0. The molecule has 0 rings (SSSR count). The van der Waals surface area contributed by atoms with Gasteiger partial charge in [-0.15, -0.1) is 0 Å². The van der Waals surface area contributed by atoms with Crippen molar-refractivity contribution < 1.29 is 15.0 Å². The molecule has 3 nitrogen and oxygen atoms in total. The molecule has 0 aromatic rings. The van der Waals surface area contributed by atoms with Gasteiger partial charge in [0.15, 0.2) is 6.10 Å². The van der Waals surface area contributed by atoms with E-state index >= 15 is 0 Å². The van der Waals surface area contributed by atoms with Crippen LogP contribution >= 0.6 is 0 Å². The Morgan fingerprint density at radius 3 is 2.38 bits per heavy atom. The van der Waals surface area contributed by atoms with Crippen LogP contribution in [0.25, 0.3) is 0 Å². The molecule has 0 fully saturated rings. The van der Waals surface area contributed by atoms with Gasteiger partial charge in [-0.25, -0.2) is 4.79 Å². The second kappa shape index (κ2) is 3.43. The Morgan fingerprint density at radius 2 is 2.25 bits per heavy atom. The highest BCUT2D eigenvalue weighted by Gasteiger charge is 2.09. The number of aliphatic hydroxyl groups excluding tert-OH is 1. The van der Waals surface area contributed by atoms with Crippen LogP contribution in [0.5, 0.6) is 0 Å². The van der Waals surface area contributed by atoms with Crippen molar-refractivity contribution in [1.82, 2.24) is 0 Å². The van der Waals surface area contributed by atoms with Crippen molar-refractivity contribution in [1.29, 1.82) is 0 Å². The van der Waals surface area contributed by atoms with E-state index in [0.29, 0.717) is 12.8 Å². The lowest BCUT2D eigenvalue weighted by molar-refractivity contribution is -0.146. The lowest BCUT2D eigenvalue weighted by atomic mass is 10.2. The van der Waals surface area contributed by atoms with Gasteiger partial charge < -0.3 is 10.2 Å². The highest BCUT2D eigenvalue weighted by Crippen LogP contribution is 1.93. The third-order valence-electron chi connectivity index (χ3n) is 0.847. The molecule has 0 aliphatic rings. The van der Waals surface area contributed by atoms with E-state index in [1.165, 1.54) is 0 Å². The molecule has 0 amide bonds. The Kier molecular flexibility index (Phi) is 3.19. The van der Waals surface area contributed by atoms with Crippen molar-refractivity contribution in [3.63, 3.8) is 0 Å². The van der Waals surface area contributed by atoms with Crippen LogP contribution in [0.4, 0.5) is 0 Å². The summed E-state index contributed by atoms with van der Waals surface area (Å²) in [6.07, 6.45) is -0.122. The van der Waals surface area contributed by atoms with Crippen molar-refractivity contribution in [2.24, 2.45) is 0 Å². The van der Waals surface area contributed by atoms with Crippen LogP contribution in [0, 0.1) is 0 Å². The van der Waals surface area contributed by atoms with Gasteiger partial charge in [0.2, 0.25) is 0 Å². The van der Waals surface area contributed by atoms with Crippen LogP contribution in [0.3, 0.4) is 0 Å². The maximum Gasteiger partial charge on any atom is 0.332 e. The average Bonchev–Trinajstić information content (AvgIpc) is 1.67. The Morgan fingerprint density at radius 1 is 1.75 bits per heavy atom. The molecule has 0 aromatic heterocycles. The Labute approximate surface area is 47.9 Å². The summed E-state index contributed by atoms with van der Waals surface area (Å²) in [7, 11) is 0. The second-order valence-electron chi connectivity index (χ2n) is 1.64. The molecule has 0 bridgehead atoms. The van der Waals surface area contributed by atoms with Crippen LogP contribution in [-0.2, 0) is 4.79 Å². The fourth-order valence-electron chi connectivity index (χ4n) is 0.397. The topological polar surface area (TPSA) is 57.5 Å². The number of aliphatic carboxylic acids is 1. The van der Waals surface area contributed by atoms with E-state index < -0.39 is 12.1 Å². The number of carboxylic acid groups (broad SMARTS) is 1. The minimum absolute atomic E-state index is 0.343. The minimum atomic E-state index is -1.17. The van der Waals surface area contributed by atoms with E-state index in [2.05, 4.69) is 0 Å². The SMILES string of the molecule is CCCC(O)C(=O)O. The standard InChI is InChI=1S/C5H10O3/c1-2-3-4(6)5(7)8/h4,6H,2-3H2,1H3,(H,7,8). The molecule has 1 unspecified atom stereocenters. The molecule has 0 aliphatic carbocycles. The quantitative estimate of drug-likeness (QED) is 0.557. The summed E-state index contributed by atoms with van der Waals surface area (Å²) in [5.41, 5.74) is 0. The van der Waals surface area contributed by atoms with Crippen molar-refractivity contribution in [3.05, 3.63) is 0 Å². The van der Waals surface area contributed by atoms with Crippen LogP contribution in [0.2, 0.25) is 0 Å². The predicted molar refractivity (Wildman–Crippen MR) is 28.6 cm³/mol. The van der Waals surface area contributed by atoms with Gasteiger partial charge >= 0.3 is 5.97 Å². The normalized spacial score (nSPS) is 13.2. The second-order valence-corrected chi connectivity index (χ2v) is 1.64. The summed E-state index contributed by atoms with van der Waals surface area (Å²) in [6, 6.07) is 0. The Hall–Kier alpha value is -0.570. The monoisotopic (exact) mass is 118 g/mol. The van der Waals surface area contributed by atoms with E-state index in [9.17, 15) is 4.79 Å². The summed E-state index contributed by atoms with van der Waals surface area (Å²) in [4.78, 5) is 9.84. The van der Waals surface area contributed by atoms with Gasteiger partial charge in [0.1, 0.15) is 0 Å². The molecule has 0 saturated heterocycles. The van der Waals surface area contributed by atoms with Crippen molar-refractivity contribution in [3.8, 4) is 0 Å². The smallest absolute Gasteiger partial charge is 0.332 e. The van der Waals surface area contributed by atoms with Crippen LogP contribution in [-0.4, -0.2) is 22.3 Å². The summed E-state index contributed by atoms with van der Waals surface area (Å²) in [6.45, 7) is 1.83. The molecule has 3 heteroatoms. The molecule has 0 aliphatic heterocycles. The first kappa shape index (κ1) is 7.43. The zero-order valence-electron chi connectivity index (χ0n) is 4.79. The van der Waals surface area contributed by atoms with Gasteiger partial charge in [0, 0.05) is 0 Å². The van der Waals surface area contributed by atoms with Gasteiger partial charge in [0.05, 0.1) is 0 Å². The van der Waals surface area contributed by atoms with E-state index in [0.717, 1.165) is 0 Å². The maximum absolute atomic E-state index is 9.84. The predicted octanol–water partition coefficient (Wildman–Crippen LogP) is 0.232. The molecule has 0 heterocycles. The van der Waals surface area contributed by atoms with Gasteiger partial charge in [-0.05, 0) is 6.42 Å². The molecule has 0 radical (unpaired) electrons. The molecular formula is C5H10O3. The first-order chi connectivity index (χ1) is 3.68. The van der Waals surface area contributed by atoms with Crippen molar-refractivity contribution in [2.75, 3.05) is 0 Å². The number of hydrogen-bond acceptors (Lipinski definition) is 2. The van der Waals surface area contributed by atoms with Crippen LogP contribution in [0.15, 0.2) is 0 Å². The molecule has 8 heavy (non-hydrogen) atoms. The first-order valence-electron chi connectivity index (χ1n) is 2.59. The highest BCUT2D eigenvalue weighted by atomic mass is 16.4. The molecule has 2 N–H and O–H groups in total. The fourth-order valence-corrected chi connectivity index (χ4v) is 0.397. The number of aliphatic hydroxyl groups is 1. The number of carbonyl (C=O) groups is 1. The zero-order valence-corrected chi connectivity index (χ0v) is 4.79. The van der Waals surface area contributed by atoms with Gasteiger partial charge in [-0.2, -0.15) is 0 Å². The fraction of sp³-hybridized carbons (Fsp3) is 0.800. The molecule has 0 spiro atoms. The Bertz CT molecular complexity index is 79.7. The zero-order chi connectivity index (χ0) is 6.57. The number of hydrogen-bond donors (Lipinski definition) is 2. The third kappa shape index (κ3) is 2.58. The summed E-state index contributed by atoms with van der Waals surface area (Å²) in [5.74, 6) is -1.13. The molecule has 48 valence electrons. The molecule has 0 saturated carbocycles. The maximum atomic E-state index is 9.84. The van der Waals surface area contributed by atoms with Gasteiger partial charge in [0.25, 0.3) is 0 Å². The average molecular weight is 118 g/mol. The van der Waals surface area contributed by atoms with Crippen LogP contribution < -0.4 is 0 Å². The third-order valence-corrected chi connectivity index (χ3v) is 0.847. The van der Waals surface area contributed by atoms with E-state index in [4.69, 9.17) is 10.2 Å². The number of carboxylic acids is 1. The van der Waals surface area contributed by atoms with E-state index in [-0.39, 0.29) is 0 Å². The van der Waals surface area contributed by atoms with Crippen LogP contribution in [0.1, 0.15) is 19.8 Å². The Balaban J connectivity index is 3.32. The molecular weight excluding hydrogens is 108 g/mol. The minimum Gasteiger partial charge on any atom is -0.479 e. The molecule has 0 aromatic carbocycles. The van der Waals surface area contributed by atoms with Gasteiger partial charge in [-0.1, -0.05) is 13.3 Å². The summed E-state index contributed by atoms with van der Waals surface area (Å²) in [5, 5.41) is 16.6. The van der Waals surface area contributed by atoms with E-state index in [1.807, 2.05) is 6.92 Å². The largest absolute Gasteiger partial charge is 0.479 e. The van der Waals surface area contributed by atoms with Crippen molar-refractivity contribution >= 4 is 5.97 Å².